The summed E-state index contributed by atoms with van der Waals surface area (Å²) in [6.45, 7) is 5.36. The quantitative estimate of drug-likeness (QED) is 0.360. The van der Waals surface area contributed by atoms with Crippen molar-refractivity contribution in [3.8, 4) is 5.75 Å². The number of aromatic amines is 1. The summed E-state index contributed by atoms with van der Waals surface area (Å²) < 4.78 is 5.75. The molecule has 1 aliphatic heterocycles. The SMILES string of the molecule is COc1c(Nc2cc(C)[nH]n2)nc(Sc2ccc(NC(=O)C3CC3)cc2)nc1N1CCNCC1. The van der Waals surface area contributed by atoms with Crippen LogP contribution in [0.3, 0.4) is 0 Å². The van der Waals surface area contributed by atoms with Gasteiger partial charge in [0.05, 0.1) is 7.11 Å². The number of nitrogens with zero attached hydrogens (tertiary/aromatic N) is 4. The summed E-state index contributed by atoms with van der Waals surface area (Å²) >= 11 is 1.46. The van der Waals surface area contributed by atoms with E-state index in [9.17, 15) is 4.79 Å². The van der Waals surface area contributed by atoms with Crippen molar-refractivity contribution in [3.05, 3.63) is 36.0 Å². The van der Waals surface area contributed by atoms with Crippen LogP contribution in [0.2, 0.25) is 0 Å². The first kappa shape index (κ1) is 22.5. The van der Waals surface area contributed by atoms with Crippen LogP contribution < -0.4 is 25.6 Å². The number of carbonyl (C=O) groups excluding carboxylic acids is 1. The number of anilines is 4. The largest absolute Gasteiger partial charge is 0.490 e. The molecule has 1 aliphatic carbocycles. The van der Waals surface area contributed by atoms with E-state index in [0.717, 1.165) is 61.1 Å². The zero-order valence-electron chi connectivity index (χ0n) is 19.2. The first-order valence-corrected chi connectivity index (χ1v) is 12.2. The molecule has 3 heterocycles. The van der Waals surface area contributed by atoms with E-state index in [2.05, 4.69) is 31.0 Å². The molecule has 0 unspecified atom stereocenters. The molecule has 0 atom stereocenters. The van der Waals surface area contributed by atoms with Gasteiger partial charge in [0.2, 0.25) is 11.7 Å². The lowest BCUT2D eigenvalue weighted by molar-refractivity contribution is -0.117. The number of nitrogens with one attached hydrogen (secondary N) is 4. The molecule has 1 aromatic carbocycles. The monoisotopic (exact) mass is 480 g/mol. The third-order valence-corrected chi connectivity index (χ3v) is 6.55. The Morgan fingerprint density at radius 3 is 2.59 bits per heavy atom. The maximum atomic E-state index is 12.0. The molecule has 1 saturated carbocycles. The first-order chi connectivity index (χ1) is 16.6. The molecule has 0 radical (unpaired) electrons. The Bertz CT molecular complexity index is 1160. The second kappa shape index (κ2) is 9.90. The van der Waals surface area contributed by atoms with E-state index in [1.165, 1.54) is 11.8 Å². The van der Waals surface area contributed by atoms with Crippen molar-refractivity contribution >= 4 is 40.8 Å². The average molecular weight is 481 g/mol. The van der Waals surface area contributed by atoms with Crippen molar-refractivity contribution in [1.82, 2.24) is 25.5 Å². The second-order valence-electron chi connectivity index (χ2n) is 8.40. The zero-order chi connectivity index (χ0) is 23.5. The standard InChI is InChI=1S/C23H28N8O2S/c1-14-13-18(30-29-14)26-20-19(33-2)21(31-11-9-24-10-12-31)28-23(27-20)34-17-7-5-16(6-8-17)25-22(32)15-3-4-15/h5-8,13,15,24H,3-4,9-12H2,1-2H3,(H,25,32)(H2,26,27,28,29,30). The number of amides is 1. The summed E-state index contributed by atoms with van der Waals surface area (Å²) in [6.07, 6.45) is 1.97. The van der Waals surface area contributed by atoms with Crippen molar-refractivity contribution in [1.29, 1.82) is 0 Å². The van der Waals surface area contributed by atoms with Crippen LogP contribution in [0.1, 0.15) is 18.5 Å². The number of methoxy groups -OCH3 is 1. The van der Waals surface area contributed by atoms with Gasteiger partial charge in [0.15, 0.2) is 22.6 Å². The highest BCUT2D eigenvalue weighted by atomic mass is 32.2. The van der Waals surface area contributed by atoms with Crippen LogP contribution in [0.25, 0.3) is 0 Å². The molecule has 1 amide bonds. The van der Waals surface area contributed by atoms with Gasteiger partial charge in [-0.1, -0.05) is 0 Å². The van der Waals surface area contributed by atoms with Crippen molar-refractivity contribution in [2.45, 2.75) is 29.8 Å². The summed E-state index contributed by atoms with van der Waals surface area (Å²) in [5, 5.41) is 17.4. The molecule has 0 bridgehead atoms. The van der Waals surface area contributed by atoms with Gasteiger partial charge in [-0.3, -0.25) is 9.89 Å². The van der Waals surface area contributed by atoms with Gasteiger partial charge < -0.3 is 25.6 Å². The van der Waals surface area contributed by atoms with Gasteiger partial charge in [-0.15, -0.1) is 0 Å². The Kier molecular flexibility index (Phi) is 6.54. The van der Waals surface area contributed by atoms with E-state index < -0.39 is 0 Å². The predicted molar refractivity (Wildman–Crippen MR) is 132 cm³/mol. The summed E-state index contributed by atoms with van der Waals surface area (Å²) in [5.41, 5.74) is 1.75. The fourth-order valence-electron chi connectivity index (χ4n) is 3.73. The molecule has 2 aromatic heterocycles. The summed E-state index contributed by atoms with van der Waals surface area (Å²) in [4.78, 5) is 24.8. The van der Waals surface area contributed by atoms with E-state index in [1.54, 1.807) is 7.11 Å². The minimum Gasteiger partial charge on any atom is -0.490 e. The zero-order valence-corrected chi connectivity index (χ0v) is 20.0. The fraction of sp³-hybridized carbons (Fsp3) is 0.391. The molecule has 4 N–H and O–H groups in total. The topological polar surface area (TPSA) is 120 Å². The van der Waals surface area contributed by atoms with E-state index >= 15 is 0 Å². The molecule has 178 valence electrons. The van der Waals surface area contributed by atoms with Crippen LogP contribution in [0.4, 0.5) is 23.1 Å². The average Bonchev–Trinajstić information content (AvgIpc) is 3.63. The van der Waals surface area contributed by atoms with Crippen LogP contribution >= 0.6 is 11.8 Å². The molecule has 11 heteroatoms. The van der Waals surface area contributed by atoms with Crippen LogP contribution in [-0.2, 0) is 4.79 Å². The number of carbonyl (C=O) groups is 1. The van der Waals surface area contributed by atoms with Crippen molar-refractivity contribution in [2.24, 2.45) is 5.92 Å². The molecule has 2 fully saturated rings. The van der Waals surface area contributed by atoms with Crippen molar-refractivity contribution < 1.29 is 9.53 Å². The molecule has 2 aliphatic rings. The maximum absolute atomic E-state index is 12.0. The Labute approximate surface area is 202 Å². The number of rotatable bonds is 8. The minimum absolute atomic E-state index is 0.101. The number of ether oxygens (including phenoxy) is 1. The summed E-state index contributed by atoms with van der Waals surface area (Å²) in [6, 6.07) is 9.67. The second-order valence-corrected chi connectivity index (χ2v) is 9.44. The van der Waals surface area contributed by atoms with Gasteiger partial charge >= 0.3 is 0 Å². The molecule has 3 aromatic rings. The normalized spacial score (nSPS) is 15.8. The third-order valence-electron chi connectivity index (χ3n) is 5.68. The van der Waals surface area contributed by atoms with E-state index in [1.807, 2.05) is 37.3 Å². The third kappa shape index (κ3) is 5.26. The number of hydrogen-bond donors (Lipinski definition) is 4. The Morgan fingerprint density at radius 2 is 1.94 bits per heavy atom. The van der Waals surface area contributed by atoms with Crippen molar-refractivity contribution in [2.75, 3.05) is 48.8 Å². The number of piperazine rings is 1. The Balaban J connectivity index is 1.42. The van der Waals surface area contributed by atoms with Gasteiger partial charge in [0.1, 0.15) is 0 Å². The highest BCUT2D eigenvalue weighted by Crippen LogP contribution is 2.38. The number of H-pyrrole nitrogens is 1. The number of aromatic nitrogens is 4. The molecule has 0 spiro atoms. The van der Waals surface area contributed by atoms with Gasteiger partial charge in [-0.2, -0.15) is 5.10 Å². The Hall–Kier alpha value is -3.31. The molecule has 34 heavy (non-hydrogen) atoms. The molecular weight excluding hydrogens is 452 g/mol. The van der Waals surface area contributed by atoms with Gasteiger partial charge in [0.25, 0.3) is 0 Å². The lowest BCUT2D eigenvalue weighted by Gasteiger charge is -2.30. The number of hydrogen-bond acceptors (Lipinski definition) is 9. The Morgan fingerprint density at radius 1 is 1.18 bits per heavy atom. The minimum atomic E-state index is 0.101. The number of aryl methyl sites for hydroxylation is 1. The number of benzene rings is 1. The predicted octanol–water partition coefficient (Wildman–Crippen LogP) is 3.17. The lowest BCUT2D eigenvalue weighted by atomic mass is 10.3. The van der Waals surface area contributed by atoms with Gasteiger partial charge in [-0.05, 0) is 55.8 Å². The molecule has 5 rings (SSSR count). The van der Waals surface area contributed by atoms with Gasteiger partial charge in [0, 0.05) is 54.4 Å². The van der Waals surface area contributed by atoms with E-state index in [0.29, 0.717) is 22.5 Å². The van der Waals surface area contributed by atoms with Crippen molar-refractivity contribution in [3.63, 3.8) is 0 Å². The summed E-state index contributed by atoms with van der Waals surface area (Å²) in [7, 11) is 1.63. The van der Waals surface area contributed by atoms with Crippen LogP contribution in [0.15, 0.2) is 40.4 Å². The van der Waals surface area contributed by atoms with Crippen LogP contribution in [0, 0.1) is 12.8 Å². The summed E-state index contributed by atoms with van der Waals surface area (Å²) in [5.74, 6) is 2.84. The molecule has 10 nitrogen and oxygen atoms in total. The maximum Gasteiger partial charge on any atom is 0.227 e. The van der Waals surface area contributed by atoms with Crippen LogP contribution in [0.5, 0.6) is 5.75 Å². The fourth-order valence-corrected chi connectivity index (χ4v) is 4.48. The first-order valence-electron chi connectivity index (χ1n) is 11.4. The van der Waals surface area contributed by atoms with E-state index in [-0.39, 0.29) is 11.8 Å². The van der Waals surface area contributed by atoms with Crippen LogP contribution in [-0.4, -0.2) is 59.4 Å². The highest BCUT2D eigenvalue weighted by Gasteiger charge is 2.29. The smallest absolute Gasteiger partial charge is 0.227 e. The highest BCUT2D eigenvalue weighted by molar-refractivity contribution is 7.99. The van der Waals surface area contributed by atoms with Gasteiger partial charge in [-0.25, -0.2) is 9.97 Å². The molecular formula is C23H28N8O2S. The lowest BCUT2D eigenvalue weighted by Crippen LogP contribution is -2.44. The van der Waals surface area contributed by atoms with E-state index in [4.69, 9.17) is 14.7 Å². The molecule has 1 saturated heterocycles.